The Hall–Kier alpha value is -1.62. The third-order valence-corrected chi connectivity index (χ3v) is 7.61. The molecule has 1 aromatic carbocycles. The van der Waals surface area contributed by atoms with Gasteiger partial charge in [-0.25, -0.2) is 8.42 Å². The molecular formula is C17H20ClN3O3S. The van der Waals surface area contributed by atoms with Gasteiger partial charge in [-0.15, -0.1) is 0 Å². The maximum Gasteiger partial charge on any atom is 0.238 e. The number of carbonyl (C=O) groups is 1. The van der Waals surface area contributed by atoms with Crippen molar-refractivity contribution in [3.05, 3.63) is 29.3 Å². The zero-order valence-electron chi connectivity index (χ0n) is 13.9. The van der Waals surface area contributed by atoms with E-state index in [1.165, 1.54) is 6.07 Å². The van der Waals surface area contributed by atoms with Gasteiger partial charge in [-0.3, -0.25) is 9.69 Å². The van der Waals surface area contributed by atoms with Crippen LogP contribution < -0.4 is 5.32 Å². The Kier molecular flexibility index (Phi) is 4.80. The molecule has 2 atom stereocenters. The number of likely N-dealkylation sites (N-methyl/N-ethyl adjacent to an activating group) is 1. The Morgan fingerprint density at radius 3 is 2.68 bits per heavy atom. The molecule has 0 unspecified atom stereocenters. The van der Waals surface area contributed by atoms with Crippen molar-refractivity contribution in [2.24, 2.45) is 0 Å². The number of likely N-dealkylation sites (tertiary alicyclic amines) is 1. The van der Waals surface area contributed by atoms with E-state index >= 15 is 0 Å². The van der Waals surface area contributed by atoms with Gasteiger partial charge in [0.1, 0.15) is 5.54 Å². The fourth-order valence-corrected chi connectivity index (χ4v) is 5.52. The molecule has 6 nitrogen and oxygen atoms in total. The van der Waals surface area contributed by atoms with E-state index in [2.05, 4.69) is 11.4 Å². The van der Waals surface area contributed by atoms with Crippen molar-refractivity contribution >= 4 is 27.3 Å². The van der Waals surface area contributed by atoms with Crippen LogP contribution in [-0.2, 0) is 14.6 Å². The normalized spacial score (nSPS) is 25.3. The first kappa shape index (κ1) is 18.2. The molecule has 0 spiro atoms. The van der Waals surface area contributed by atoms with E-state index in [1.807, 2.05) is 11.8 Å². The summed E-state index contributed by atoms with van der Waals surface area (Å²) in [6.45, 7) is 2.73. The molecule has 25 heavy (non-hydrogen) atoms. The fourth-order valence-electron chi connectivity index (χ4n) is 3.27. The van der Waals surface area contributed by atoms with Crippen molar-refractivity contribution in [3.63, 3.8) is 0 Å². The number of benzene rings is 1. The molecule has 3 rings (SSSR count). The van der Waals surface area contributed by atoms with Gasteiger partial charge in [0.2, 0.25) is 5.91 Å². The molecule has 2 aliphatic rings. The number of carbonyl (C=O) groups excluding carboxylic acids is 1. The minimum Gasteiger partial charge on any atom is -0.336 e. The molecule has 8 heteroatoms. The Labute approximate surface area is 152 Å². The molecule has 0 aromatic heterocycles. The number of hydrogen-bond donors (Lipinski definition) is 1. The van der Waals surface area contributed by atoms with E-state index in [-0.39, 0.29) is 28.8 Å². The highest BCUT2D eigenvalue weighted by molar-refractivity contribution is 7.92. The lowest BCUT2D eigenvalue weighted by Gasteiger charge is -2.22. The summed E-state index contributed by atoms with van der Waals surface area (Å²) in [4.78, 5) is 14.5. The van der Waals surface area contributed by atoms with E-state index in [1.54, 1.807) is 18.2 Å². The van der Waals surface area contributed by atoms with Gasteiger partial charge in [-0.05, 0) is 37.9 Å². The van der Waals surface area contributed by atoms with E-state index in [9.17, 15) is 13.2 Å². The number of nitrogens with zero attached hydrogens (tertiary/aromatic N) is 2. The van der Waals surface area contributed by atoms with Gasteiger partial charge in [-0.1, -0.05) is 30.7 Å². The van der Waals surface area contributed by atoms with Gasteiger partial charge >= 0.3 is 0 Å². The zero-order valence-corrected chi connectivity index (χ0v) is 15.5. The zero-order chi connectivity index (χ0) is 18.2. The lowest BCUT2D eigenvalue weighted by Crippen LogP contribution is -2.47. The first-order chi connectivity index (χ1) is 11.8. The molecule has 134 valence electrons. The van der Waals surface area contributed by atoms with Crippen LogP contribution in [0.25, 0.3) is 0 Å². The molecule has 1 saturated carbocycles. The minimum atomic E-state index is -3.63. The van der Waals surface area contributed by atoms with Crippen molar-refractivity contribution < 1.29 is 13.2 Å². The van der Waals surface area contributed by atoms with E-state index in [4.69, 9.17) is 16.9 Å². The smallest absolute Gasteiger partial charge is 0.238 e. The predicted molar refractivity (Wildman–Crippen MR) is 93.8 cm³/mol. The second-order valence-electron chi connectivity index (χ2n) is 6.62. The fraction of sp³-hybridized carbons (Fsp3) is 0.529. The van der Waals surface area contributed by atoms with Crippen LogP contribution in [0.5, 0.6) is 0 Å². The average molecular weight is 382 g/mol. The predicted octanol–water partition coefficient (Wildman–Crippen LogP) is 1.75. The molecule has 1 heterocycles. The summed E-state index contributed by atoms with van der Waals surface area (Å²) in [7, 11) is -3.63. The van der Waals surface area contributed by atoms with Gasteiger partial charge in [0.05, 0.1) is 27.3 Å². The molecule has 1 N–H and O–H groups in total. The van der Waals surface area contributed by atoms with Gasteiger partial charge in [0.15, 0.2) is 9.84 Å². The van der Waals surface area contributed by atoms with E-state index in [0.29, 0.717) is 19.4 Å². The summed E-state index contributed by atoms with van der Waals surface area (Å²) in [5.74, 6) is -0.266. The van der Waals surface area contributed by atoms with Gasteiger partial charge in [0, 0.05) is 6.54 Å². The van der Waals surface area contributed by atoms with Crippen LogP contribution in [0.4, 0.5) is 0 Å². The summed E-state index contributed by atoms with van der Waals surface area (Å²) in [5, 5.41) is 11.4. The first-order valence-electron chi connectivity index (χ1n) is 8.29. The monoisotopic (exact) mass is 381 g/mol. The first-order valence-corrected chi connectivity index (χ1v) is 10.2. The molecular weight excluding hydrogens is 362 g/mol. The van der Waals surface area contributed by atoms with Crippen LogP contribution in [0.3, 0.4) is 0 Å². The highest BCUT2D eigenvalue weighted by atomic mass is 35.5. The van der Waals surface area contributed by atoms with Crippen LogP contribution in [0.15, 0.2) is 29.2 Å². The molecule has 0 radical (unpaired) electrons. The van der Waals surface area contributed by atoms with Crippen LogP contribution >= 0.6 is 11.6 Å². The lowest BCUT2D eigenvalue weighted by molar-refractivity contribution is -0.126. The molecule has 1 aliphatic heterocycles. The number of nitriles is 1. The highest BCUT2D eigenvalue weighted by Crippen LogP contribution is 2.36. The van der Waals surface area contributed by atoms with Crippen molar-refractivity contribution in [2.45, 2.75) is 47.9 Å². The molecule has 1 saturated heterocycles. The van der Waals surface area contributed by atoms with E-state index < -0.39 is 26.7 Å². The Morgan fingerprint density at radius 1 is 1.44 bits per heavy atom. The number of hydrogen-bond acceptors (Lipinski definition) is 5. The van der Waals surface area contributed by atoms with Crippen molar-refractivity contribution in [2.75, 3.05) is 13.1 Å². The Balaban J connectivity index is 1.80. The van der Waals surface area contributed by atoms with Gasteiger partial charge in [-0.2, -0.15) is 5.26 Å². The number of rotatable bonds is 5. The average Bonchev–Trinajstić information content (AvgIpc) is 3.21. The summed E-state index contributed by atoms with van der Waals surface area (Å²) in [6.07, 6.45) is 1.50. The van der Waals surface area contributed by atoms with Crippen molar-refractivity contribution in [3.8, 4) is 6.07 Å². The SMILES string of the molecule is CCN1C[C@H](S(=O)(=O)c2ccccc2Cl)C[C@H]1C(=O)NC1(C#N)CC1. The Bertz CT molecular complexity index is 830. The number of nitrogens with one attached hydrogen (secondary N) is 1. The number of amides is 1. The van der Waals surface area contributed by atoms with Crippen molar-refractivity contribution in [1.29, 1.82) is 5.26 Å². The summed E-state index contributed by atoms with van der Waals surface area (Å²) >= 11 is 6.06. The van der Waals surface area contributed by atoms with E-state index in [0.717, 1.165) is 0 Å². The van der Waals surface area contributed by atoms with Crippen LogP contribution in [0.1, 0.15) is 26.2 Å². The second-order valence-corrected chi connectivity index (χ2v) is 9.22. The van der Waals surface area contributed by atoms with Gasteiger partial charge < -0.3 is 5.32 Å². The minimum absolute atomic E-state index is 0.106. The molecule has 2 fully saturated rings. The topological polar surface area (TPSA) is 90.3 Å². The van der Waals surface area contributed by atoms with Crippen LogP contribution in [-0.4, -0.2) is 49.1 Å². The summed E-state index contributed by atoms with van der Waals surface area (Å²) in [6, 6.07) is 7.95. The number of halogens is 1. The molecule has 1 aliphatic carbocycles. The maximum atomic E-state index is 12.9. The third kappa shape index (κ3) is 3.39. The van der Waals surface area contributed by atoms with Crippen molar-refractivity contribution in [1.82, 2.24) is 10.2 Å². The Morgan fingerprint density at radius 2 is 2.12 bits per heavy atom. The van der Waals surface area contributed by atoms with Gasteiger partial charge in [0.25, 0.3) is 0 Å². The molecule has 0 bridgehead atoms. The quantitative estimate of drug-likeness (QED) is 0.839. The summed E-state index contributed by atoms with van der Waals surface area (Å²) < 4.78 is 25.9. The van der Waals surface area contributed by atoms with Crippen LogP contribution in [0, 0.1) is 11.3 Å². The number of sulfone groups is 1. The lowest BCUT2D eigenvalue weighted by atomic mass is 10.2. The summed E-state index contributed by atoms with van der Waals surface area (Å²) in [5.41, 5.74) is -0.754. The second kappa shape index (κ2) is 6.60. The van der Waals surface area contributed by atoms with Crippen LogP contribution in [0.2, 0.25) is 5.02 Å². The molecule has 1 aromatic rings. The molecule has 1 amide bonds. The third-order valence-electron chi connectivity index (χ3n) is 4.98. The largest absolute Gasteiger partial charge is 0.336 e. The highest BCUT2D eigenvalue weighted by Gasteiger charge is 2.49. The maximum absolute atomic E-state index is 12.9. The standard InChI is InChI=1S/C17H20ClN3O3S/c1-2-21-10-12(25(23,24)15-6-4-3-5-13(15)18)9-14(21)16(22)20-17(11-19)7-8-17/h3-6,12,14H,2,7-10H2,1H3,(H,20,22)/t12-,14+/m1/s1.